The van der Waals surface area contributed by atoms with Gasteiger partial charge in [0, 0.05) is 0 Å². The maximum atomic E-state index is 12.8. The molecule has 2 saturated heterocycles. The number of benzene rings is 1. The van der Waals surface area contributed by atoms with Crippen LogP contribution in [0.5, 0.6) is 0 Å². The van der Waals surface area contributed by atoms with Crippen molar-refractivity contribution in [1.29, 1.82) is 0 Å². The van der Waals surface area contributed by atoms with Crippen LogP contribution < -0.4 is 4.90 Å². The summed E-state index contributed by atoms with van der Waals surface area (Å²) < 4.78 is 0. The Hall–Kier alpha value is -2.21. The summed E-state index contributed by atoms with van der Waals surface area (Å²) in [6.45, 7) is 1.87. The summed E-state index contributed by atoms with van der Waals surface area (Å²) in [5.41, 5.74) is 1.09. The Bertz CT molecular complexity index is 743. The van der Waals surface area contributed by atoms with Gasteiger partial charge in [0.25, 0.3) is 5.91 Å². The molecule has 0 saturated carbocycles. The molecule has 0 spiro atoms. The van der Waals surface area contributed by atoms with Gasteiger partial charge in [0.2, 0.25) is 0 Å². The second kappa shape index (κ2) is 4.91. The maximum absolute atomic E-state index is 12.8. The number of urea groups is 1. The molecule has 0 N–H and O–H groups in total. The highest BCUT2D eigenvalue weighted by molar-refractivity contribution is 7.16. The first-order valence-corrected chi connectivity index (χ1v) is 8.12. The predicted molar refractivity (Wildman–Crippen MR) is 83.8 cm³/mol. The second-order valence-corrected chi connectivity index (χ2v) is 6.81. The minimum absolute atomic E-state index is 0.0123. The summed E-state index contributed by atoms with van der Waals surface area (Å²) >= 11 is 1.37. The maximum Gasteiger partial charge on any atom is 0.333 e. The summed E-state index contributed by atoms with van der Waals surface area (Å²) in [4.78, 5) is 32.6. The van der Waals surface area contributed by atoms with Crippen LogP contribution in [0.3, 0.4) is 0 Å². The lowest BCUT2D eigenvalue weighted by molar-refractivity contribution is -0.119. The van der Waals surface area contributed by atoms with Crippen molar-refractivity contribution in [2.75, 3.05) is 4.90 Å². The zero-order valence-electron chi connectivity index (χ0n) is 12.1. The lowest BCUT2D eigenvalue weighted by Crippen LogP contribution is -2.33. The van der Waals surface area contributed by atoms with Gasteiger partial charge in [0.1, 0.15) is 11.0 Å². The van der Waals surface area contributed by atoms with Gasteiger partial charge < -0.3 is 4.90 Å². The molecule has 2 aliphatic rings. The standard InChI is InChI=1S/C16H15N3O2S/c1-10-17-9-14(22-10)19-15(20)13-8-7-12(18(13)16(19)21)11-5-3-2-4-6-11/h2-6,9,12-13H,7-8H2,1H3/t12-,13-/m0/s1. The van der Waals surface area contributed by atoms with Crippen LogP contribution in [-0.4, -0.2) is 27.9 Å². The third-order valence-electron chi connectivity index (χ3n) is 4.32. The van der Waals surface area contributed by atoms with Crippen LogP contribution in [0.25, 0.3) is 0 Å². The summed E-state index contributed by atoms with van der Waals surface area (Å²) in [5, 5.41) is 1.47. The lowest BCUT2D eigenvalue weighted by atomic mass is 10.0. The van der Waals surface area contributed by atoms with Crippen molar-refractivity contribution < 1.29 is 9.59 Å². The highest BCUT2D eigenvalue weighted by atomic mass is 32.1. The number of aryl methyl sites for hydroxylation is 1. The average molecular weight is 313 g/mol. The molecule has 3 amide bonds. The van der Waals surface area contributed by atoms with E-state index in [-0.39, 0.29) is 24.0 Å². The highest BCUT2D eigenvalue weighted by Crippen LogP contribution is 2.43. The fourth-order valence-electron chi connectivity index (χ4n) is 3.34. The van der Waals surface area contributed by atoms with Gasteiger partial charge in [-0.3, -0.25) is 4.79 Å². The van der Waals surface area contributed by atoms with E-state index in [1.54, 1.807) is 11.1 Å². The van der Waals surface area contributed by atoms with Gasteiger partial charge in [-0.25, -0.2) is 14.7 Å². The van der Waals surface area contributed by atoms with Gasteiger partial charge in [0.05, 0.1) is 17.2 Å². The number of imide groups is 1. The molecule has 1 aromatic carbocycles. The Morgan fingerprint density at radius 1 is 1.14 bits per heavy atom. The monoisotopic (exact) mass is 313 g/mol. The third kappa shape index (κ3) is 1.87. The summed E-state index contributed by atoms with van der Waals surface area (Å²) in [7, 11) is 0. The molecule has 0 radical (unpaired) electrons. The number of anilines is 1. The molecule has 0 aliphatic carbocycles. The number of hydrogen-bond donors (Lipinski definition) is 0. The lowest BCUT2D eigenvalue weighted by Gasteiger charge is -2.23. The quantitative estimate of drug-likeness (QED) is 0.800. The van der Waals surface area contributed by atoms with Crippen molar-refractivity contribution in [2.24, 2.45) is 0 Å². The number of thiazole rings is 1. The topological polar surface area (TPSA) is 53.5 Å². The van der Waals surface area contributed by atoms with E-state index in [9.17, 15) is 9.59 Å². The average Bonchev–Trinajstić information content (AvgIpc) is 3.19. The third-order valence-corrected chi connectivity index (χ3v) is 5.21. The highest BCUT2D eigenvalue weighted by Gasteiger charge is 2.52. The molecule has 2 aliphatic heterocycles. The summed E-state index contributed by atoms with van der Waals surface area (Å²) in [5.74, 6) is -0.118. The van der Waals surface area contributed by atoms with Crippen LogP contribution in [0, 0.1) is 6.92 Å². The van der Waals surface area contributed by atoms with Crippen LogP contribution in [0.2, 0.25) is 0 Å². The minimum atomic E-state index is -0.333. The van der Waals surface area contributed by atoms with Crippen LogP contribution in [-0.2, 0) is 4.79 Å². The molecule has 4 rings (SSSR count). The SMILES string of the molecule is Cc1ncc(N2C(=O)[C@@H]3CC[C@@H](c4ccccc4)N3C2=O)s1. The van der Waals surface area contributed by atoms with Crippen LogP contribution in [0.4, 0.5) is 9.80 Å². The smallest absolute Gasteiger partial charge is 0.305 e. The van der Waals surface area contributed by atoms with Crippen LogP contribution in [0.1, 0.15) is 29.5 Å². The normalized spacial score (nSPS) is 24.2. The van der Waals surface area contributed by atoms with E-state index in [0.29, 0.717) is 5.00 Å². The molecule has 112 valence electrons. The van der Waals surface area contributed by atoms with Gasteiger partial charge in [-0.05, 0) is 25.3 Å². The largest absolute Gasteiger partial charge is 0.333 e. The number of rotatable bonds is 2. The molecule has 0 bridgehead atoms. The Morgan fingerprint density at radius 3 is 2.55 bits per heavy atom. The summed E-state index contributed by atoms with van der Waals surface area (Å²) in [6.07, 6.45) is 3.16. The molecule has 3 heterocycles. The number of aromatic nitrogens is 1. The van der Waals surface area contributed by atoms with Gasteiger partial charge in [-0.2, -0.15) is 0 Å². The molecule has 5 nitrogen and oxygen atoms in total. The Morgan fingerprint density at radius 2 is 1.86 bits per heavy atom. The molecule has 22 heavy (non-hydrogen) atoms. The van der Waals surface area contributed by atoms with E-state index in [2.05, 4.69) is 4.98 Å². The van der Waals surface area contributed by atoms with E-state index in [1.165, 1.54) is 16.2 Å². The molecule has 1 aromatic heterocycles. The molecule has 0 unspecified atom stereocenters. The Labute approximate surface area is 132 Å². The second-order valence-electron chi connectivity index (χ2n) is 5.60. The number of hydrogen-bond acceptors (Lipinski definition) is 4. The van der Waals surface area contributed by atoms with Crippen molar-refractivity contribution in [2.45, 2.75) is 31.8 Å². The fraction of sp³-hybridized carbons (Fsp3) is 0.312. The van der Waals surface area contributed by atoms with Crippen molar-refractivity contribution in [3.8, 4) is 0 Å². The van der Waals surface area contributed by atoms with Gasteiger partial charge in [-0.15, -0.1) is 11.3 Å². The zero-order valence-corrected chi connectivity index (χ0v) is 12.9. The number of nitrogens with zero attached hydrogens (tertiary/aromatic N) is 3. The Balaban J connectivity index is 1.70. The van der Waals surface area contributed by atoms with E-state index in [1.807, 2.05) is 37.3 Å². The van der Waals surface area contributed by atoms with Crippen molar-refractivity contribution in [3.05, 3.63) is 47.1 Å². The Kier molecular flexibility index (Phi) is 3.00. The molecule has 6 heteroatoms. The van der Waals surface area contributed by atoms with Gasteiger partial charge in [-0.1, -0.05) is 30.3 Å². The van der Waals surface area contributed by atoms with Crippen LogP contribution in [0.15, 0.2) is 36.5 Å². The van der Waals surface area contributed by atoms with Crippen molar-refractivity contribution >= 4 is 28.3 Å². The van der Waals surface area contributed by atoms with E-state index < -0.39 is 0 Å². The first-order valence-electron chi connectivity index (χ1n) is 7.30. The predicted octanol–water partition coefficient (Wildman–Crippen LogP) is 3.12. The van der Waals surface area contributed by atoms with Crippen molar-refractivity contribution in [3.63, 3.8) is 0 Å². The number of carbonyl (C=O) groups is 2. The molecule has 2 aromatic rings. The fourth-order valence-corrected chi connectivity index (χ4v) is 4.11. The van der Waals surface area contributed by atoms with Crippen LogP contribution >= 0.6 is 11.3 Å². The molecular formula is C16H15N3O2S. The van der Waals surface area contributed by atoms with E-state index >= 15 is 0 Å². The molecule has 2 fully saturated rings. The zero-order chi connectivity index (χ0) is 15.3. The number of carbonyl (C=O) groups excluding carboxylic acids is 2. The number of amides is 3. The number of fused-ring (bicyclic) bond motifs is 1. The minimum Gasteiger partial charge on any atom is -0.305 e. The van der Waals surface area contributed by atoms with Crippen molar-refractivity contribution in [1.82, 2.24) is 9.88 Å². The van der Waals surface area contributed by atoms with E-state index in [4.69, 9.17) is 0 Å². The molecular weight excluding hydrogens is 298 g/mol. The first-order chi connectivity index (χ1) is 10.7. The van der Waals surface area contributed by atoms with E-state index in [0.717, 1.165) is 23.4 Å². The molecule has 2 atom stereocenters. The summed E-state index contributed by atoms with van der Waals surface area (Å²) in [6, 6.07) is 9.37. The first kappa shape index (κ1) is 13.5. The van der Waals surface area contributed by atoms with Gasteiger partial charge >= 0.3 is 6.03 Å². The van der Waals surface area contributed by atoms with Gasteiger partial charge in [0.15, 0.2) is 0 Å².